The van der Waals surface area contributed by atoms with E-state index in [0.29, 0.717) is 11.1 Å². The lowest BCUT2D eigenvalue weighted by Gasteiger charge is -2.03. The van der Waals surface area contributed by atoms with Crippen molar-refractivity contribution >= 4 is 21.8 Å². The van der Waals surface area contributed by atoms with Crippen LogP contribution in [0.2, 0.25) is 0 Å². The summed E-state index contributed by atoms with van der Waals surface area (Å²) in [6, 6.07) is 23.6. The average molecular weight is 436 g/mol. The molecule has 5 rings (SSSR count). The molecule has 3 heteroatoms. The lowest BCUT2D eigenvalue weighted by molar-refractivity contribution is 0.624. The zero-order chi connectivity index (χ0) is 22.8. The van der Waals surface area contributed by atoms with E-state index < -0.39 is 5.82 Å². The third-order valence-electron chi connectivity index (χ3n) is 5.97. The molecule has 0 unspecified atom stereocenters. The van der Waals surface area contributed by atoms with Crippen LogP contribution in [0.15, 0.2) is 78.9 Å². The second kappa shape index (κ2) is 8.92. The highest BCUT2D eigenvalue weighted by Gasteiger charge is 2.07. The third kappa shape index (κ3) is 4.38. The minimum atomic E-state index is -0.393. The van der Waals surface area contributed by atoms with Gasteiger partial charge in [0.1, 0.15) is 11.6 Å². The van der Waals surface area contributed by atoms with Crippen LogP contribution in [0, 0.1) is 23.5 Å². The molecule has 1 heterocycles. The van der Waals surface area contributed by atoms with Crippen LogP contribution >= 0.6 is 0 Å². The van der Waals surface area contributed by atoms with Crippen LogP contribution in [0.4, 0.5) is 8.78 Å². The number of hydrogen-bond donors (Lipinski definition) is 1. The lowest BCUT2D eigenvalue weighted by Crippen LogP contribution is -1.86. The first-order valence-electron chi connectivity index (χ1n) is 11.2. The molecule has 0 fully saturated rings. The minimum absolute atomic E-state index is 0.314. The summed E-state index contributed by atoms with van der Waals surface area (Å²) in [6.07, 6.45) is 3.46. The molecule has 0 saturated carbocycles. The molecule has 0 amide bonds. The van der Waals surface area contributed by atoms with Gasteiger partial charge in [0.05, 0.1) is 5.56 Å². The molecule has 0 aliphatic heterocycles. The summed E-state index contributed by atoms with van der Waals surface area (Å²) in [4.78, 5) is 3.51. The van der Waals surface area contributed by atoms with Gasteiger partial charge in [-0.25, -0.2) is 8.78 Å². The van der Waals surface area contributed by atoms with Crippen LogP contribution in [0.5, 0.6) is 0 Å². The predicted molar refractivity (Wildman–Crippen MR) is 132 cm³/mol. The summed E-state index contributed by atoms with van der Waals surface area (Å²) >= 11 is 0. The lowest BCUT2D eigenvalue weighted by atomic mass is 10.0. The van der Waals surface area contributed by atoms with Gasteiger partial charge in [-0.3, -0.25) is 0 Å². The Morgan fingerprint density at radius 3 is 2.21 bits per heavy atom. The molecule has 0 aliphatic rings. The van der Waals surface area contributed by atoms with Crippen molar-refractivity contribution in [2.24, 2.45) is 0 Å². The van der Waals surface area contributed by atoms with E-state index in [9.17, 15) is 8.78 Å². The molecule has 33 heavy (non-hydrogen) atoms. The molecule has 4 aromatic carbocycles. The van der Waals surface area contributed by atoms with Gasteiger partial charge in [-0.2, -0.15) is 0 Å². The molecule has 0 bridgehead atoms. The Bertz CT molecular complexity index is 1510. The van der Waals surface area contributed by atoms with Crippen LogP contribution in [0.25, 0.3) is 32.9 Å². The Morgan fingerprint density at radius 2 is 1.45 bits per heavy atom. The molecule has 1 aromatic heterocycles. The van der Waals surface area contributed by atoms with Crippen molar-refractivity contribution in [2.75, 3.05) is 0 Å². The highest BCUT2D eigenvalue weighted by atomic mass is 19.1. The zero-order valence-electron chi connectivity index (χ0n) is 18.4. The summed E-state index contributed by atoms with van der Waals surface area (Å²) in [6.45, 7) is 2.20. The number of nitrogens with one attached hydrogen (secondary N) is 1. The van der Waals surface area contributed by atoms with E-state index >= 15 is 0 Å². The normalized spacial score (nSPS) is 11.0. The maximum atomic E-state index is 14.7. The number of benzene rings is 4. The number of fused-ring (bicyclic) bond motifs is 3. The van der Waals surface area contributed by atoms with Crippen molar-refractivity contribution in [1.82, 2.24) is 4.98 Å². The van der Waals surface area contributed by atoms with Crippen LogP contribution in [-0.4, -0.2) is 4.98 Å². The summed E-state index contributed by atoms with van der Waals surface area (Å²) in [7, 11) is 0. The maximum absolute atomic E-state index is 14.7. The van der Waals surface area contributed by atoms with E-state index in [2.05, 4.69) is 48.0 Å². The molecular weight excluding hydrogens is 412 g/mol. The van der Waals surface area contributed by atoms with Crippen LogP contribution in [0.1, 0.15) is 36.5 Å². The van der Waals surface area contributed by atoms with Crippen LogP contribution < -0.4 is 0 Å². The average Bonchev–Trinajstić information content (AvgIpc) is 3.19. The van der Waals surface area contributed by atoms with Gasteiger partial charge in [-0.15, -0.1) is 0 Å². The van der Waals surface area contributed by atoms with E-state index in [4.69, 9.17) is 0 Å². The van der Waals surface area contributed by atoms with E-state index in [-0.39, 0.29) is 5.82 Å². The Morgan fingerprint density at radius 1 is 0.727 bits per heavy atom. The number of halogens is 2. The van der Waals surface area contributed by atoms with Crippen molar-refractivity contribution in [3.63, 3.8) is 0 Å². The fourth-order valence-corrected chi connectivity index (χ4v) is 4.15. The molecular formula is C30H23F2N. The van der Waals surface area contributed by atoms with Gasteiger partial charge in [-0.05, 0) is 72.0 Å². The summed E-state index contributed by atoms with van der Waals surface area (Å²) in [5.74, 6) is 5.33. The van der Waals surface area contributed by atoms with E-state index in [1.54, 1.807) is 24.3 Å². The molecule has 1 nitrogen and oxygen atoms in total. The van der Waals surface area contributed by atoms with Gasteiger partial charge in [0.25, 0.3) is 0 Å². The van der Waals surface area contributed by atoms with E-state index in [0.717, 1.165) is 34.0 Å². The molecule has 0 aliphatic carbocycles. The molecule has 0 atom stereocenters. The SMILES string of the molecule is CCCCc1ccc2c(c1)[nH]c1cc(C#Cc3ccc(-c4ccc(F)cc4)cc3F)ccc12. The number of aromatic nitrogens is 1. The van der Waals surface area contributed by atoms with Crippen LogP contribution in [0.3, 0.4) is 0 Å². The fourth-order valence-electron chi connectivity index (χ4n) is 4.15. The van der Waals surface area contributed by atoms with Gasteiger partial charge in [0, 0.05) is 27.4 Å². The third-order valence-corrected chi connectivity index (χ3v) is 5.97. The predicted octanol–water partition coefficient (Wildman–Crippen LogP) is 8.01. The number of aromatic amines is 1. The Kier molecular flexibility index (Phi) is 5.67. The molecule has 1 N–H and O–H groups in total. The first kappa shape index (κ1) is 21.0. The quantitative estimate of drug-likeness (QED) is 0.275. The van der Waals surface area contributed by atoms with Crippen molar-refractivity contribution in [2.45, 2.75) is 26.2 Å². The van der Waals surface area contributed by atoms with Gasteiger partial charge in [0.2, 0.25) is 0 Å². The number of unbranched alkanes of at least 4 members (excludes halogenated alkanes) is 1. The topological polar surface area (TPSA) is 15.8 Å². The zero-order valence-corrected chi connectivity index (χ0v) is 18.4. The first-order chi connectivity index (χ1) is 16.1. The second-order valence-electron chi connectivity index (χ2n) is 8.32. The monoisotopic (exact) mass is 435 g/mol. The Hall–Kier alpha value is -3.90. The molecule has 0 spiro atoms. The van der Waals surface area contributed by atoms with Crippen molar-refractivity contribution in [3.8, 4) is 23.0 Å². The highest BCUT2D eigenvalue weighted by molar-refractivity contribution is 6.07. The van der Waals surface area contributed by atoms with Gasteiger partial charge < -0.3 is 4.98 Å². The van der Waals surface area contributed by atoms with Crippen LogP contribution in [-0.2, 0) is 6.42 Å². The number of aryl methyl sites for hydroxylation is 1. The number of hydrogen-bond acceptors (Lipinski definition) is 0. The largest absolute Gasteiger partial charge is 0.354 e. The molecule has 162 valence electrons. The second-order valence-corrected chi connectivity index (χ2v) is 8.32. The van der Waals surface area contributed by atoms with Crippen molar-refractivity contribution < 1.29 is 8.78 Å². The van der Waals surface area contributed by atoms with E-state index in [1.165, 1.54) is 42.0 Å². The fraction of sp³-hybridized carbons (Fsp3) is 0.133. The van der Waals surface area contributed by atoms with Crippen molar-refractivity contribution in [1.29, 1.82) is 0 Å². The van der Waals surface area contributed by atoms with Gasteiger partial charge >= 0.3 is 0 Å². The smallest absolute Gasteiger partial charge is 0.139 e. The summed E-state index contributed by atoms with van der Waals surface area (Å²) < 4.78 is 27.8. The van der Waals surface area contributed by atoms with E-state index in [1.807, 2.05) is 12.1 Å². The molecule has 0 saturated heterocycles. The first-order valence-corrected chi connectivity index (χ1v) is 11.2. The minimum Gasteiger partial charge on any atom is -0.354 e. The summed E-state index contributed by atoms with van der Waals surface area (Å²) in [5.41, 5.74) is 6.10. The number of rotatable bonds is 4. The highest BCUT2D eigenvalue weighted by Crippen LogP contribution is 2.27. The molecule has 5 aromatic rings. The van der Waals surface area contributed by atoms with Gasteiger partial charge in [-0.1, -0.05) is 61.6 Å². The Labute approximate surface area is 192 Å². The summed E-state index contributed by atoms with van der Waals surface area (Å²) in [5, 5.41) is 2.36. The standard InChI is InChI=1S/C30H23F2N/c1-2-3-4-20-6-15-26-27-16-7-21(18-30(27)33-29(26)17-20)5-8-23-9-10-24(19-28(23)32)22-11-13-25(31)14-12-22/h6-7,9-19,33H,2-4H2,1H3. The van der Waals surface area contributed by atoms with Gasteiger partial charge in [0.15, 0.2) is 0 Å². The molecule has 0 radical (unpaired) electrons. The number of H-pyrrole nitrogens is 1. The maximum Gasteiger partial charge on any atom is 0.139 e. The van der Waals surface area contributed by atoms with Crippen molar-refractivity contribution in [3.05, 3.63) is 107 Å². The Balaban J connectivity index is 1.43.